The van der Waals surface area contributed by atoms with Crippen LogP contribution in [0.15, 0.2) is 36.4 Å². The lowest BCUT2D eigenvalue weighted by Crippen LogP contribution is -2.49. The minimum atomic E-state index is -0.782. The Balaban J connectivity index is 2.13. The molecule has 1 unspecified atom stereocenters. The molecule has 2 aromatic rings. The molecule has 0 spiro atoms. The molecule has 1 aliphatic rings. The van der Waals surface area contributed by atoms with Crippen LogP contribution in [0, 0.1) is 16.7 Å². The average Bonchev–Trinajstić information content (AvgIpc) is 2.81. The number of hydrogen-bond donors (Lipinski definition) is 1. The van der Waals surface area contributed by atoms with Crippen molar-refractivity contribution in [1.82, 2.24) is 4.90 Å². The minimum Gasteiger partial charge on any atom is -0.326 e. The highest BCUT2D eigenvalue weighted by Gasteiger charge is 2.41. The summed E-state index contributed by atoms with van der Waals surface area (Å²) >= 11 is 0. The topological polar surface area (TPSA) is 73.2 Å². The quantitative estimate of drug-likeness (QED) is 0.550. The summed E-state index contributed by atoms with van der Waals surface area (Å²) in [5, 5.41) is 12.7. The normalized spacial score (nSPS) is 15.8. The number of nitriles is 1. The molecule has 1 N–H and O–H groups in total. The fourth-order valence-corrected chi connectivity index (χ4v) is 4.61. The van der Waals surface area contributed by atoms with E-state index in [2.05, 4.69) is 51.2 Å². The van der Waals surface area contributed by atoms with E-state index < -0.39 is 11.5 Å². The van der Waals surface area contributed by atoms with Crippen molar-refractivity contribution in [1.29, 1.82) is 5.26 Å². The zero-order valence-electron chi connectivity index (χ0n) is 21.5. The van der Waals surface area contributed by atoms with Crippen LogP contribution < -0.4 is 5.32 Å². The number of fused-ring (bicyclic) bond motifs is 1. The fraction of sp³-hybridized carbons (Fsp3) is 0.483. The third kappa shape index (κ3) is 4.87. The van der Waals surface area contributed by atoms with Crippen LogP contribution in [0.5, 0.6) is 0 Å². The first kappa shape index (κ1) is 25.5. The number of nitrogens with zero attached hydrogens (tertiary/aromatic N) is 2. The molecule has 5 nitrogen and oxygen atoms in total. The first-order valence-corrected chi connectivity index (χ1v) is 12.3. The Morgan fingerprint density at radius 1 is 1.12 bits per heavy atom. The van der Waals surface area contributed by atoms with E-state index in [1.165, 1.54) is 0 Å². The highest BCUT2D eigenvalue weighted by molar-refractivity contribution is 6.00. The number of anilines is 1. The van der Waals surface area contributed by atoms with Gasteiger partial charge in [-0.1, -0.05) is 72.7 Å². The van der Waals surface area contributed by atoms with Crippen LogP contribution in [0.4, 0.5) is 5.69 Å². The van der Waals surface area contributed by atoms with Crippen molar-refractivity contribution in [3.8, 4) is 6.07 Å². The van der Waals surface area contributed by atoms with E-state index in [0.717, 1.165) is 27.9 Å². The lowest BCUT2D eigenvalue weighted by molar-refractivity contribution is -0.147. The number of benzene rings is 2. The van der Waals surface area contributed by atoms with Crippen LogP contribution >= 0.6 is 0 Å². The van der Waals surface area contributed by atoms with Crippen LogP contribution in [0.2, 0.25) is 0 Å². The van der Waals surface area contributed by atoms with Gasteiger partial charge in [-0.3, -0.25) is 9.59 Å². The zero-order valence-corrected chi connectivity index (χ0v) is 21.5. The van der Waals surface area contributed by atoms with E-state index in [9.17, 15) is 14.9 Å². The third-order valence-electron chi connectivity index (χ3n) is 7.10. The molecule has 0 aliphatic carbocycles. The number of amides is 2. The summed E-state index contributed by atoms with van der Waals surface area (Å²) in [6.45, 7) is 14.8. The van der Waals surface area contributed by atoms with Gasteiger partial charge in [-0.2, -0.15) is 5.26 Å². The molecule has 0 radical (unpaired) electrons. The molecular weight excluding hydrogens is 422 g/mol. The summed E-state index contributed by atoms with van der Waals surface area (Å²) in [5.74, 6) is 0.194. The SMILES string of the molecule is CCC(C)(C)C(=O)N1CCc2ccc(C#N)cc2C1C(=O)Nc1c(C(C)C)cccc1C(C)C. The van der Waals surface area contributed by atoms with E-state index in [1.807, 2.05) is 32.9 Å². The standard InChI is InChI=1S/C29H37N3O2/c1-8-29(6,7)28(34)32-15-14-21-13-12-20(17-30)16-24(21)26(32)27(33)31-25-22(18(2)3)10-9-11-23(25)19(4)5/h9-13,16,18-19,26H,8,14-15H2,1-7H3,(H,31,33). The Morgan fingerprint density at radius 2 is 1.74 bits per heavy atom. The lowest BCUT2D eigenvalue weighted by Gasteiger charge is -2.40. The Morgan fingerprint density at radius 3 is 2.26 bits per heavy atom. The number of hydrogen-bond acceptors (Lipinski definition) is 3. The number of nitrogens with one attached hydrogen (secondary N) is 1. The first-order valence-electron chi connectivity index (χ1n) is 12.3. The van der Waals surface area contributed by atoms with Crippen LogP contribution in [0.25, 0.3) is 0 Å². The highest BCUT2D eigenvalue weighted by Crippen LogP contribution is 2.38. The molecule has 180 valence electrons. The van der Waals surface area contributed by atoms with Crippen molar-refractivity contribution in [2.24, 2.45) is 5.41 Å². The monoisotopic (exact) mass is 459 g/mol. The maximum absolute atomic E-state index is 14.0. The third-order valence-corrected chi connectivity index (χ3v) is 7.10. The summed E-state index contributed by atoms with van der Waals surface area (Å²) < 4.78 is 0. The van der Waals surface area contributed by atoms with Crippen molar-refractivity contribution in [3.63, 3.8) is 0 Å². The number of carbonyl (C=O) groups excluding carboxylic acids is 2. The summed E-state index contributed by atoms with van der Waals surface area (Å²) in [6, 6.07) is 13.0. The molecule has 0 saturated carbocycles. The molecule has 1 heterocycles. The molecule has 1 atom stereocenters. The summed E-state index contributed by atoms with van der Waals surface area (Å²) in [6.07, 6.45) is 1.34. The van der Waals surface area contributed by atoms with Gasteiger partial charge in [-0.05, 0) is 59.1 Å². The molecular formula is C29H37N3O2. The van der Waals surface area contributed by atoms with Gasteiger partial charge in [0.15, 0.2) is 0 Å². The summed E-state index contributed by atoms with van der Waals surface area (Å²) in [5.41, 5.74) is 4.66. The molecule has 1 aliphatic heterocycles. The van der Waals surface area contributed by atoms with Gasteiger partial charge in [0.2, 0.25) is 5.91 Å². The van der Waals surface area contributed by atoms with Crippen LogP contribution in [0.3, 0.4) is 0 Å². The van der Waals surface area contributed by atoms with Gasteiger partial charge in [-0.25, -0.2) is 0 Å². The van der Waals surface area contributed by atoms with E-state index in [1.54, 1.807) is 17.0 Å². The van der Waals surface area contributed by atoms with Crippen molar-refractivity contribution in [2.45, 2.75) is 79.2 Å². The molecule has 34 heavy (non-hydrogen) atoms. The van der Waals surface area contributed by atoms with Gasteiger partial charge in [0, 0.05) is 17.6 Å². The second-order valence-electron chi connectivity index (χ2n) is 10.5. The van der Waals surface area contributed by atoms with Gasteiger partial charge < -0.3 is 10.2 Å². The van der Waals surface area contributed by atoms with Gasteiger partial charge in [0.1, 0.15) is 6.04 Å². The van der Waals surface area contributed by atoms with E-state index in [0.29, 0.717) is 24.9 Å². The van der Waals surface area contributed by atoms with Crippen molar-refractivity contribution in [3.05, 3.63) is 64.2 Å². The summed E-state index contributed by atoms with van der Waals surface area (Å²) in [4.78, 5) is 29.4. The smallest absolute Gasteiger partial charge is 0.251 e. The maximum Gasteiger partial charge on any atom is 0.251 e. The zero-order chi connectivity index (χ0) is 25.2. The predicted molar refractivity (Wildman–Crippen MR) is 137 cm³/mol. The Kier molecular flexibility index (Phi) is 7.51. The van der Waals surface area contributed by atoms with Crippen molar-refractivity contribution in [2.75, 3.05) is 11.9 Å². The van der Waals surface area contributed by atoms with Gasteiger partial charge >= 0.3 is 0 Å². The Bertz CT molecular complexity index is 1100. The largest absolute Gasteiger partial charge is 0.326 e. The molecule has 0 aromatic heterocycles. The molecule has 2 amide bonds. The van der Waals surface area contributed by atoms with Gasteiger partial charge in [-0.15, -0.1) is 0 Å². The van der Waals surface area contributed by atoms with Crippen LogP contribution in [-0.2, 0) is 16.0 Å². The van der Waals surface area contributed by atoms with Crippen molar-refractivity contribution >= 4 is 17.5 Å². The van der Waals surface area contributed by atoms with Crippen LogP contribution in [-0.4, -0.2) is 23.3 Å². The number of rotatable bonds is 6. The van der Waals surface area contributed by atoms with E-state index in [4.69, 9.17) is 0 Å². The lowest BCUT2D eigenvalue weighted by atomic mass is 9.84. The van der Waals surface area contributed by atoms with Crippen LogP contribution in [0.1, 0.15) is 101 Å². The molecule has 3 rings (SSSR count). The molecule has 0 saturated heterocycles. The molecule has 5 heteroatoms. The fourth-order valence-electron chi connectivity index (χ4n) is 4.61. The van der Waals surface area contributed by atoms with Crippen molar-refractivity contribution < 1.29 is 9.59 Å². The average molecular weight is 460 g/mol. The predicted octanol–water partition coefficient (Wildman–Crippen LogP) is 6.31. The van der Waals surface area contributed by atoms with E-state index >= 15 is 0 Å². The Hall–Kier alpha value is -3.13. The molecule has 2 aromatic carbocycles. The minimum absolute atomic E-state index is 0.0376. The Labute approximate surface area is 204 Å². The number of para-hydroxylation sites is 1. The van der Waals surface area contributed by atoms with Gasteiger partial charge in [0.05, 0.1) is 11.6 Å². The molecule has 0 bridgehead atoms. The second-order valence-corrected chi connectivity index (χ2v) is 10.5. The first-order chi connectivity index (χ1) is 16.0. The summed E-state index contributed by atoms with van der Waals surface area (Å²) in [7, 11) is 0. The molecule has 0 fully saturated rings. The second kappa shape index (κ2) is 10.0. The van der Waals surface area contributed by atoms with Gasteiger partial charge in [0.25, 0.3) is 5.91 Å². The van der Waals surface area contributed by atoms with E-state index in [-0.39, 0.29) is 23.7 Å². The number of carbonyl (C=O) groups is 2. The maximum atomic E-state index is 14.0. The highest BCUT2D eigenvalue weighted by atomic mass is 16.2.